The maximum atomic E-state index is 6.31. The second-order valence-corrected chi connectivity index (χ2v) is 5.16. The Morgan fingerprint density at radius 2 is 2.00 bits per heavy atom. The van der Waals surface area contributed by atoms with Gasteiger partial charge in [-0.05, 0) is 30.2 Å². The molecule has 0 radical (unpaired) electrons. The summed E-state index contributed by atoms with van der Waals surface area (Å²) in [6, 6.07) is 14.1. The number of aromatic nitrogens is 3. The molecule has 1 aromatic heterocycles. The van der Waals surface area contributed by atoms with E-state index in [-0.39, 0.29) is 0 Å². The minimum atomic E-state index is 0.635. The highest BCUT2D eigenvalue weighted by molar-refractivity contribution is 6.33. The number of halogens is 1. The smallest absolute Gasteiger partial charge is 0.138 e. The summed E-state index contributed by atoms with van der Waals surface area (Å²) < 4.78 is 1.67. The summed E-state index contributed by atoms with van der Waals surface area (Å²) in [4.78, 5) is 3.98. The SMILES string of the molecule is Cc1ccccc1CNc1cccc(Cl)c1-n1cncn1. The van der Waals surface area contributed by atoms with E-state index in [9.17, 15) is 0 Å². The van der Waals surface area contributed by atoms with Crippen LogP contribution in [0.1, 0.15) is 11.1 Å². The Morgan fingerprint density at radius 3 is 2.76 bits per heavy atom. The van der Waals surface area contributed by atoms with Crippen molar-refractivity contribution in [3.63, 3.8) is 0 Å². The van der Waals surface area contributed by atoms with Crippen LogP contribution in [0.2, 0.25) is 5.02 Å². The third kappa shape index (κ3) is 2.90. The van der Waals surface area contributed by atoms with Crippen molar-refractivity contribution >= 4 is 17.3 Å². The number of rotatable bonds is 4. The Bertz CT molecular complexity index is 738. The van der Waals surface area contributed by atoms with Gasteiger partial charge in [-0.3, -0.25) is 0 Å². The van der Waals surface area contributed by atoms with E-state index >= 15 is 0 Å². The number of anilines is 1. The molecule has 2 aromatic carbocycles. The van der Waals surface area contributed by atoms with Crippen LogP contribution in [-0.4, -0.2) is 14.8 Å². The molecule has 0 aliphatic rings. The van der Waals surface area contributed by atoms with Crippen LogP contribution in [0.5, 0.6) is 0 Å². The van der Waals surface area contributed by atoms with Crippen molar-refractivity contribution in [2.45, 2.75) is 13.5 Å². The van der Waals surface area contributed by atoms with E-state index in [2.05, 4.69) is 34.5 Å². The van der Waals surface area contributed by atoms with Crippen LogP contribution in [-0.2, 0) is 6.54 Å². The molecule has 0 bridgehead atoms. The van der Waals surface area contributed by atoms with E-state index < -0.39 is 0 Å². The number of nitrogens with zero attached hydrogens (tertiary/aromatic N) is 3. The van der Waals surface area contributed by atoms with Crippen molar-refractivity contribution in [1.82, 2.24) is 14.8 Å². The summed E-state index contributed by atoms with van der Waals surface area (Å²) in [7, 11) is 0. The average molecular weight is 299 g/mol. The first kappa shape index (κ1) is 13.6. The Balaban J connectivity index is 1.90. The molecule has 106 valence electrons. The van der Waals surface area contributed by atoms with E-state index in [1.807, 2.05) is 30.3 Å². The Kier molecular flexibility index (Phi) is 3.88. The standard InChI is InChI=1S/C16H15ClN4/c1-12-5-2-3-6-13(12)9-19-15-8-4-7-14(17)16(15)21-11-18-10-20-21/h2-8,10-11,19H,9H2,1H3. The topological polar surface area (TPSA) is 42.7 Å². The van der Waals surface area contributed by atoms with Crippen LogP contribution in [0.15, 0.2) is 55.1 Å². The minimum absolute atomic E-state index is 0.635. The van der Waals surface area contributed by atoms with Gasteiger partial charge in [-0.25, -0.2) is 9.67 Å². The zero-order chi connectivity index (χ0) is 14.7. The van der Waals surface area contributed by atoms with E-state index in [1.165, 1.54) is 17.5 Å². The fourth-order valence-electron chi connectivity index (χ4n) is 2.21. The fourth-order valence-corrected chi connectivity index (χ4v) is 2.47. The highest BCUT2D eigenvalue weighted by atomic mass is 35.5. The van der Waals surface area contributed by atoms with Crippen molar-refractivity contribution in [3.05, 3.63) is 71.3 Å². The van der Waals surface area contributed by atoms with Crippen molar-refractivity contribution < 1.29 is 0 Å². The average Bonchev–Trinajstić information content (AvgIpc) is 3.00. The fraction of sp³-hybridized carbons (Fsp3) is 0.125. The van der Waals surface area contributed by atoms with Gasteiger partial charge in [0, 0.05) is 6.54 Å². The number of benzene rings is 2. The highest BCUT2D eigenvalue weighted by Crippen LogP contribution is 2.28. The maximum absolute atomic E-state index is 6.31. The monoisotopic (exact) mass is 298 g/mol. The van der Waals surface area contributed by atoms with Gasteiger partial charge < -0.3 is 5.32 Å². The Hall–Kier alpha value is -2.33. The first-order chi connectivity index (χ1) is 10.3. The molecule has 21 heavy (non-hydrogen) atoms. The van der Waals surface area contributed by atoms with Gasteiger partial charge in [0.2, 0.25) is 0 Å². The van der Waals surface area contributed by atoms with Gasteiger partial charge in [0.25, 0.3) is 0 Å². The van der Waals surface area contributed by atoms with Gasteiger partial charge in [0.05, 0.1) is 10.7 Å². The summed E-state index contributed by atoms with van der Waals surface area (Å²) in [5, 5.41) is 8.22. The molecule has 0 fully saturated rings. The Labute approximate surface area is 128 Å². The number of hydrogen-bond acceptors (Lipinski definition) is 3. The first-order valence-electron chi connectivity index (χ1n) is 6.67. The molecule has 1 N–H and O–H groups in total. The van der Waals surface area contributed by atoms with Crippen molar-refractivity contribution in [2.75, 3.05) is 5.32 Å². The van der Waals surface area contributed by atoms with Crippen LogP contribution in [0.3, 0.4) is 0 Å². The number of nitrogens with one attached hydrogen (secondary N) is 1. The van der Waals surface area contributed by atoms with E-state index in [4.69, 9.17) is 11.6 Å². The second kappa shape index (κ2) is 5.97. The predicted octanol–water partition coefficient (Wildman–Crippen LogP) is 3.84. The molecule has 0 aliphatic carbocycles. The van der Waals surface area contributed by atoms with E-state index in [0.29, 0.717) is 5.02 Å². The van der Waals surface area contributed by atoms with Gasteiger partial charge in [-0.1, -0.05) is 41.9 Å². The number of hydrogen-bond donors (Lipinski definition) is 1. The van der Waals surface area contributed by atoms with Crippen LogP contribution in [0.25, 0.3) is 5.69 Å². The summed E-state index contributed by atoms with van der Waals surface area (Å²) in [6.45, 7) is 2.84. The van der Waals surface area contributed by atoms with Crippen molar-refractivity contribution in [3.8, 4) is 5.69 Å². The molecule has 1 heterocycles. The van der Waals surface area contributed by atoms with Crippen LogP contribution in [0.4, 0.5) is 5.69 Å². The van der Waals surface area contributed by atoms with E-state index in [0.717, 1.165) is 17.9 Å². The molecule has 0 aliphatic heterocycles. The lowest BCUT2D eigenvalue weighted by Crippen LogP contribution is -2.06. The molecular formula is C16H15ClN4. The van der Waals surface area contributed by atoms with Crippen molar-refractivity contribution in [2.24, 2.45) is 0 Å². The van der Waals surface area contributed by atoms with Crippen molar-refractivity contribution in [1.29, 1.82) is 0 Å². The van der Waals surface area contributed by atoms with Gasteiger partial charge in [0.1, 0.15) is 18.3 Å². The largest absolute Gasteiger partial charge is 0.379 e. The first-order valence-corrected chi connectivity index (χ1v) is 7.05. The third-order valence-electron chi connectivity index (χ3n) is 3.37. The van der Waals surface area contributed by atoms with Crippen LogP contribution >= 0.6 is 11.6 Å². The minimum Gasteiger partial charge on any atom is -0.379 e. The zero-order valence-electron chi connectivity index (χ0n) is 11.6. The molecule has 0 atom stereocenters. The number of para-hydroxylation sites is 1. The lowest BCUT2D eigenvalue weighted by Gasteiger charge is -2.14. The molecule has 5 heteroatoms. The van der Waals surface area contributed by atoms with Gasteiger partial charge in [-0.15, -0.1) is 0 Å². The molecule has 0 spiro atoms. The van der Waals surface area contributed by atoms with Gasteiger partial charge >= 0.3 is 0 Å². The highest BCUT2D eigenvalue weighted by Gasteiger charge is 2.10. The maximum Gasteiger partial charge on any atom is 0.138 e. The van der Waals surface area contributed by atoms with Gasteiger partial charge in [0.15, 0.2) is 0 Å². The van der Waals surface area contributed by atoms with E-state index in [1.54, 1.807) is 11.0 Å². The molecule has 0 saturated carbocycles. The van der Waals surface area contributed by atoms with Gasteiger partial charge in [-0.2, -0.15) is 5.10 Å². The quantitative estimate of drug-likeness (QED) is 0.796. The van der Waals surface area contributed by atoms with Crippen LogP contribution < -0.4 is 5.32 Å². The molecule has 0 unspecified atom stereocenters. The zero-order valence-corrected chi connectivity index (χ0v) is 12.4. The summed E-state index contributed by atoms with van der Waals surface area (Å²) in [5.74, 6) is 0. The Morgan fingerprint density at radius 1 is 1.14 bits per heavy atom. The second-order valence-electron chi connectivity index (χ2n) is 4.76. The molecule has 3 aromatic rings. The molecular weight excluding hydrogens is 284 g/mol. The lowest BCUT2D eigenvalue weighted by atomic mass is 10.1. The molecule has 4 nitrogen and oxygen atoms in total. The molecule has 0 amide bonds. The summed E-state index contributed by atoms with van der Waals surface area (Å²) in [5.41, 5.74) is 4.25. The summed E-state index contributed by atoms with van der Waals surface area (Å²) in [6.07, 6.45) is 3.13. The normalized spacial score (nSPS) is 10.6. The predicted molar refractivity (Wildman–Crippen MR) is 84.9 cm³/mol. The lowest BCUT2D eigenvalue weighted by molar-refractivity contribution is 0.878. The van der Waals surface area contributed by atoms with Crippen LogP contribution in [0, 0.1) is 6.92 Å². The molecule has 0 saturated heterocycles. The number of aryl methyl sites for hydroxylation is 1. The third-order valence-corrected chi connectivity index (χ3v) is 3.67. The summed E-state index contributed by atoms with van der Waals surface area (Å²) >= 11 is 6.31. The molecule has 3 rings (SSSR count).